The molecule has 0 unspecified atom stereocenters. The summed E-state index contributed by atoms with van der Waals surface area (Å²) in [5, 5.41) is 0. The highest BCUT2D eigenvalue weighted by molar-refractivity contribution is 5.61. The lowest BCUT2D eigenvalue weighted by Gasteiger charge is -2.21. The summed E-state index contributed by atoms with van der Waals surface area (Å²) in [6.45, 7) is 4.32. The summed E-state index contributed by atoms with van der Waals surface area (Å²) in [5.74, 6) is 0.853. The molecule has 1 saturated carbocycles. The second kappa shape index (κ2) is 7.04. The summed E-state index contributed by atoms with van der Waals surface area (Å²) in [5.41, 5.74) is 8.25. The largest absolute Gasteiger partial charge is 0.0622 e. The normalized spacial score (nSPS) is 19.7. The molecule has 0 amide bonds. The summed E-state index contributed by atoms with van der Waals surface area (Å²) < 4.78 is 0. The molecule has 0 aromatic heterocycles. The predicted molar refractivity (Wildman–Crippen MR) is 122 cm³/mol. The third-order valence-corrected chi connectivity index (χ3v) is 6.58. The van der Waals surface area contributed by atoms with Crippen molar-refractivity contribution >= 4 is 0 Å². The van der Waals surface area contributed by atoms with E-state index >= 15 is 0 Å². The Labute approximate surface area is 173 Å². The Hall–Kier alpha value is -3.12. The third-order valence-electron chi connectivity index (χ3n) is 6.58. The Morgan fingerprint density at radius 1 is 0.448 bits per heavy atom. The molecule has 0 heterocycles. The molecule has 4 aromatic rings. The van der Waals surface area contributed by atoms with Crippen LogP contribution in [-0.4, -0.2) is 0 Å². The molecule has 0 saturated heterocycles. The highest BCUT2D eigenvalue weighted by Gasteiger charge is 2.66. The van der Waals surface area contributed by atoms with E-state index < -0.39 is 0 Å². The smallest absolute Gasteiger partial charge is 0.0352 e. The van der Waals surface area contributed by atoms with Gasteiger partial charge in [0.15, 0.2) is 0 Å². The second-order valence-electron chi connectivity index (χ2n) is 8.38. The standard InChI is InChI=1S/C29H26/c1-21-13-17-23(18-14-21)27-28(24-19-15-22(2)16-20-24)29(27,25-9-5-3-6-10-25)26-11-7-4-8-12-26/h3-20,27-28H,1-2H3/t27-,28-/m0/s1. The van der Waals surface area contributed by atoms with Crippen LogP contribution in [0.15, 0.2) is 109 Å². The minimum absolute atomic E-state index is 0.0347. The van der Waals surface area contributed by atoms with Crippen molar-refractivity contribution in [1.82, 2.24) is 0 Å². The first-order valence-electron chi connectivity index (χ1n) is 10.5. The molecule has 2 atom stereocenters. The van der Waals surface area contributed by atoms with E-state index in [2.05, 4.69) is 123 Å². The Bertz CT molecular complexity index is 997. The van der Waals surface area contributed by atoms with Crippen molar-refractivity contribution in [2.24, 2.45) is 0 Å². The van der Waals surface area contributed by atoms with E-state index in [1.807, 2.05) is 0 Å². The van der Waals surface area contributed by atoms with Gasteiger partial charge in [-0.25, -0.2) is 0 Å². The Morgan fingerprint density at radius 3 is 1.14 bits per heavy atom. The lowest BCUT2D eigenvalue weighted by atomic mass is 9.82. The van der Waals surface area contributed by atoms with Crippen LogP contribution in [0, 0.1) is 13.8 Å². The average molecular weight is 375 g/mol. The van der Waals surface area contributed by atoms with Gasteiger partial charge in [-0.3, -0.25) is 0 Å². The van der Waals surface area contributed by atoms with Gasteiger partial charge in [-0.2, -0.15) is 0 Å². The Balaban J connectivity index is 1.75. The highest BCUT2D eigenvalue weighted by atomic mass is 14.7. The summed E-state index contributed by atoms with van der Waals surface area (Å²) in [6, 6.07) is 40.5. The van der Waals surface area contributed by atoms with Crippen molar-refractivity contribution in [2.45, 2.75) is 31.1 Å². The molecular weight excluding hydrogens is 348 g/mol. The molecule has 4 aromatic carbocycles. The van der Waals surface area contributed by atoms with Crippen LogP contribution in [0.1, 0.15) is 45.2 Å². The van der Waals surface area contributed by atoms with Gasteiger partial charge < -0.3 is 0 Å². The van der Waals surface area contributed by atoms with Crippen molar-refractivity contribution in [3.05, 3.63) is 143 Å². The first-order chi connectivity index (χ1) is 14.2. The summed E-state index contributed by atoms with van der Waals surface area (Å²) in [7, 11) is 0. The zero-order chi connectivity index (χ0) is 19.8. The van der Waals surface area contributed by atoms with Gasteiger partial charge >= 0.3 is 0 Å². The summed E-state index contributed by atoms with van der Waals surface area (Å²) in [6.07, 6.45) is 0. The van der Waals surface area contributed by atoms with Gasteiger partial charge in [0.1, 0.15) is 0 Å². The fourth-order valence-electron chi connectivity index (χ4n) is 5.16. The molecule has 1 aliphatic rings. The van der Waals surface area contributed by atoms with Crippen molar-refractivity contribution in [3.63, 3.8) is 0 Å². The highest BCUT2D eigenvalue weighted by Crippen LogP contribution is 2.73. The van der Waals surface area contributed by atoms with Gasteiger partial charge in [0, 0.05) is 17.3 Å². The van der Waals surface area contributed by atoms with Gasteiger partial charge in [0.05, 0.1) is 0 Å². The fourth-order valence-corrected chi connectivity index (χ4v) is 5.16. The molecule has 1 fully saturated rings. The van der Waals surface area contributed by atoms with Crippen LogP contribution in [0.4, 0.5) is 0 Å². The lowest BCUT2D eigenvalue weighted by molar-refractivity contribution is 0.782. The zero-order valence-electron chi connectivity index (χ0n) is 17.0. The number of hydrogen-bond acceptors (Lipinski definition) is 0. The molecule has 5 rings (SSSR count). The number of rotatable bonds is 4. The predicted octanol–water partition coefficient (Wildman–Crippen LogP) is 7.17. The van der Waals surface area contributed by atoms with E-state index in [0.717, 1.165) is 0 Å². The first kappa shape index (κ1) is 17.9. The topological polar surface area (TPSA) is 0 Å². The van der Waals surface area contributed by atoms with Crippen LogP contribution in [0.5, 0.6) is 0 Å². The molecule has 0 aliphatic heterocycles. The quantitative estimate of drug-likeness (QED) is 0.355. The minimum atomic E-state index is -0.0347. The van der Waals surface area contributed by atoms with Crippen LogP contribution in [0.25, 0.3) is 0 Å². The third kappa shape index (κ3) is 2.91. The van der Waals surface area contributed by atoms with Gasteiger partial charge in [-0.15, -0.1) is 0 Å². The van der Waals surface area contributed by atoms with Crippen molar-refractivity contribution in [3.8, 4) is 0 Å². The minimum Gasteiger partial charge on any atom is -0.0622 e. The molecule has 0 heteroatoms. The molecule has 0 N–H and O–H groups in total. The SMILES string of the molecule is Cc1ccc([C@H]2[C@H](c3ccc(C)cc3)C2(c2ccccc2)c2ccccc2)cc1. The van der Waals surface area contributed by atoms with Crippen LogP contribution in [0.3, 0.4) is 0 Å². The Morgan fingerprint density at radius 2 is 0.793 bits per heavy atom. The monoisotopic (exact) mass is 374 g/mol. The molecule has 0 nitrogen and oxygen atoms in total. The van der Waals surface area contributed by atoms with E-state index in [9.17, 15) is 0 Å². The van der Waals surface area contributed by atoms with Gasteiger partial charge in [0.2, 0.25) is 0 Å². The number of aryl methyl sites for hydroxylation is 2. The van der Waals surface area contributed by atoms with E-state index in [0.29, 0.717) is 11.8 Å². The van der Waals surface area contributed by atoms with E-state index in [1.165, 1.54) is 33.4 Å². The van der Waals surface area contributed by atoms with Crippen LogP contribution >= 0.6 is 0 Å². The Kier molecular flexibility index (Phi) is 4.36. The first-order valence-corrected chi connectivity index (χ1v) is 10.5. The van der Waals surface area contributed by atoms with E-state index in [-0.39, 0.29) is 5.41 Å². The summed E-state index contributed by atoms with van der Waals surface area (Å²) >= 11 is 0. The van der Waals surface area contributed by atoms with Crippen LogP contribution in [0.2, 0.25) is 0 Å². The zero-order valence-corrected chi connectivity index (χ0v) is 17.0. The van der Waals surface area contributed by atoms with Gasteiger partial charge in [0.25, 0.3) is 0 Å². The molecule has 0 bridgehead atoms. The lowest BCUT2D eigenvalue weighted by Crippen LogP contribution is -2.13. The maximum Gasteiger partial charge on any atom is 0.0352 e. The molecular formula is C29H26. The van der Waals surface area contributed by atoms with Gasteiger partial charge in [-0.05, 0) is 36.1 Å². The van der Waals surface area contributed by atoms with E-state index in [1.54, 1.807) is 0 Å². The second-order valence-corrected chi connectivity index (χ2v) is 8.38. The maximum atomic E-state index is 2.33. The fraction of sp³-hybridized carbons (Fsp3) is 0.172. The molecule has 29 heavy (non-hydrogen) atoms. The number of benzene rings is 4. The van der Waals surface area contributed by atoms with Crippen molar-refractivity contribution in [2.75, 3.05) is 0 Å². The summed E-state index contributed by atoms with van der Waals surface area (Å²) in [4.78, 5) is 0. The van der Waals surface area contributed by atoms with Gasteiger partial charge in [-0.1, -0.05) is 120 Å². The molecule has 0 spiro atoms. The van der Waals surface area contributed by atoms with Crippen molar-refractivity contribution < 1.29 is 0 Å². The average Bonchev–Trinajstić information content (AvgIpc) is 3.47. The van der Waals surface area contributed by atoms with Crippen LogP contribution < -0.4 is 0 Å². The van der Waals surface area contributed by atoms with Crippen LogP contribution in [-0.2, 0) is 5.41 Å². The van der Waals surface area contributed by atoms with Crippen molar-refractivity contribution in [1.29, 1.82) is 0 Å². The maximum absolute atomic E-state index is 2.33. The molecule has 1 aliphatic carbocycles. The molecule has 0 radical (unpaired) electrons. The van der Waals surface area contributed by atoms with E-state index in [4.69, 9.17) is 0 Å². The number of hydrogen-bond donors (Lipinski definition) is 0. The molecule has 142 valence electrons.